The largest absolute Gasteiger partial charge is 0.447 e. The highest BCUT2D eigenvalue weighted by molar-refractivity contribution is 9.10. The number of nitro groups is 1. The Morgan fingerprint density at radius 1 is 1.45 bits per heavy atom. The molecule has 0 unspecified atom stereocenters. The van der Waals surface area contributed by atoms with E-state index in [4.69, 9.17) is 15.9 Å². The molecule has 2 aromatic rings. The number of benzene rings is 1. The van der Waals surface area contributed by atoms with Crippen molar-refractivity contribution < 1.29 is 9.66 Å². The van der Waals surface area contributed by atoms with Gasteiger partial charge < -0.3 is 10.5 Å². The fraction of sp³-hybridized carbons (Fsp3) is 0. The second-order valence-electron chi connectivity index (χ2n) is 3.73. The lowest BCUT2D eigenvalue weighted by Gasteiger charge is -2.10. The first kappa shape index (κ1) is 13.9. The number of pyridine rings is 1. The van der Waals surface area contributed by atoms with Crippen LogP contribution in [0.25, 0.3) is 0 Å². The van der Waals surface area contributed by atoms with Crippen LogP contribution in [0, 0.1) is 15.5 Å². The molecule has 1 heterocycles. The minimum atomic E-state index is -0.552. The fourth-order valence-electron chi connectivity index (χ4n) is 1.54. The van der Waals surface area contributed by atoms with Crippen LogP contribution >= 0.6 is 15.9 Å². The summed E-state index contributed by atoms with van der Waals surface area (Å²) in [5.41, 5.74) is 5.55. The Bertz CT molecular complexity index is 690. The molecule has 3 N–H and O–H groups in total. The van der Waals surface area contributed by atoms with Gasteiger partial charge in [-0.3, -0.25) is 20.5 Å². The molecule has 2 rings (SSSR count). The molecule has 7 nitrogen and oxygen atoms in total. The third-order valence-electron chi connectivity index (χ3n) is 2.43. The quantitative estimate of drug-likeness (QED) is 0.385. The number of ether oxygens (including phenoxy) is 1. The number of nitro benzene ring substituents is 1. The van der Waals surface area contributed by atoms with Gasteiger partial charge in [-0.2, -0.15) is 0 Å². The molecule has 0 atom stereocenters. The van der Waals surface area contributed by atoms with Crippen LogP contribution in [0.3, 0.4) is 0 Å². The highest BCUT2D eigenvalue weighted by Crippen LogP contribution is 2.38. The van der Waals surface area contributed by atoms with Crippen molar-refractivity contribution in [2.45, 2.75) is 0 Å². The summed E-state index contributed by atoms with van der Waals surface area (Å²) in [6.45, 7) is 0. The van der Waals surface area contributed by atoms with Crippen LogP contribution in [-0.4, -0.2) is 15.7 Å². The Kier molecular flexibility index (Phi) is 3.94. The number of nitrogens with one attached hydrogen (secondary N) is 1. The fourth-order valence-corrected chi connectivity index (χ4v) is 1.97. The van der Waals surface area contributed by atoms with E-state index in [1.165, 1.54) is 30.6 Å². The van der Waals surface area contributed by atoms with Crippen LogP contribution in [0.1, 0.15) is 5.56 Å². The Balaban J connectivity index is 2.51. The maximum atomic E-state index is 11.0. The van der Waals surface area contributed by atoms with Gasteiger partial charge in [-0.1, -0.05) is 6.07 Å². The number of nitrogens with zero attached hydrogens (tertiary/aromatic N) is 2. The van der Waals surface area contributed by atoms with Gasteiger partial charge in [0.1, 0.15) is 5.84 Å². The molecule has 1 aromatic carbocycles. The van der Waals surface area contributed by atoms with Gasteiger partial charge in [-0.15, -0.1) is 0 Å². The van der Waals surface area contributed by atoms with E-state index in [1.54, 1.807) is 6.07 Å². The first-order valence-electron chi connectivity index (χ1n) is 5.40. The van der Waals surface area contributed by atoms with Gasteiger partial charge >= 0.3 is 5.69 Å². The van der Waals surface area contributed by atoms with E-state index in [2.05, 4.69) is 20.9 Å². The molecule has 0 radical (unpaired) electrons. The maximum absolute atomic E-state index is 11.0. The number of halogens is 1. The second-order valence-corrected chi connectivity index (χ2v) is 4.59. The molecule has 8 heteroatoms. The van der Waals surface area contributed by atoms with Gasteiger partial charge in [-0.25, -0.2) is 0 Å². The molecule has 20 heavy (non-hydrogen) atoms. The molecule has 0 aliphatic rings. The third kappa shape index (κ3) is 2.75. The SMILES string of the molecule is N=C(N)c1ccncc1Oc1c(Br)cccc1[N+](=O)[O-]. The summed E-state index contributed by atoms with van der Waals surface area (Å²) >= 11 is 3.20. The van der Waals surface area contributed by atoms with Gasteiger partial charge in [0, 0.05) is 12.3 Å². The van der Waals surface area contributed by atoms with Gasteiger partial charge in [-0.05, 0) is 28.1 Å². The number of nitrogens with two attached hydrogens (primary N) is 1. The minimum absolute atomic E-state index is 0.0352. The molecule has 1 aromatic heterocycles. The standard InChI is InChI=1S/C12H9BrN4O3/c13-8-2-1-3-9(17(18)19)11(8)20-10-6-16-5-4-7(10)12(14)15/h1-6H,(H3,14,15). The van der Waals surface area contributed by atoms with Crippen molar-refractivity contribution in [1.29, 1.82) is 5.41 Å². The zero-order valence-electron chi connectivity index (χ0n) is 10.0. The first-order chi connectivity index (χ1) is 9.50. The summed E-state index contributed by atoms with van der Waals surface area (Å²) in [7, 11) is 0. The highest BCUT2D eigenvalue weighted by atomic mass is 79.9. The normalized spacial score (nSPS) is 10.1. The summed E-state index contributed by atoms with van der Waals surface area (Å²) in [4.78, 5) is 14.3. The van der Waals surface area contributed by atoms with E-state index in [0.717, 1.165) is 0 Å². The topological polar surface area (TPSA) is 115 Å². The predicted molar refractivity (Wildman–Crippen MR) is 76.1 cm³/mol. The zero-order valence-corrected chi connectivity index (χ0v) is 11.6. The summed E-state index contributed by atoms with van der Waals surface area (Å²) in [6, 6.07) is 5.97. The summed E-state index contributed by atoms with van der Waals surface area (Å²) in [5.74, 6) is 0.0000987. The van der Waals surface area contributed by atoms with Crippen molar-refractivity contribution in [3.05, 3.63) is 56.8 Å². The molecule has 0 spiro atoms. The van der Waals surface area contributed by atoms with Gasteiger partial charge in [0.05, 0.1) is 21.2 Å². The highest BCUT2D eigenvalue weighted by Gasteiger charge is 2.20. The Morgan fingerprint density at radius 2 is 2.20 bits per heavy atom. The van der Waals surface area contributed by atoms with E-state index in [0.29, 0.717) is 10.0 Å². The number of para-hydroxylation sites is 1. The van der Waals surface area contributed by atoms with Crippen molar-refractivity contribution >= 4 is 27.5 Å². The van der Waals surface area contributed by atoms with E-state index in [-0.39, 0.29) is 23.0 Å². The first-order valence-corrected chi connectivity index (χ1v) is 6.19. The number of rotatable bonds is 4. The number of hydrogen-bond acceptors (Lipinski definition) is 5. The van der Waals surface area contributed by atoms with Gasteiger partial charge in [0.2, 0.25) is 5.75 Å². The van der Waals surface area contributed by atoms with Crippen molar-refractivity contribution in [2.75, 3.05) is 0 Å². The lowest BCUT2D eigenvalue weighted by molar-refractivity contribution is -0.385. The molecular weight excluding hydrogens is 328 g/mol. The van der Waals surface area contributed by atoms with Crippen molar-refractivity contribution in [3.8, 4) is 11.5 Å². The zero-order chi connectivity index (χ0) is 14.7. The van der Waals surface area contributed by atoms with Gasteiger partial charge in [0.15, 0.2) is 5.75 Å². The van der Waals surface area contributed by atoms with Crippen molar-refractivity contribution in [2.24, 2.45) is 5.73 Å². The molecular formula is C12H9BrN4O3. The molecule has 0 saturated carbocycles. The van der Waals surface area contributed by atoms with E-state index in [1.807, 2.05) is 0 Å². The number of amidine groups is 1. The summed E-state index contributed by atoms with van der Waals surface area (Å²) in [5, 5.41) is 18.5. The van der Waals surface area contributed by atoms with Crippen LogP contribution in [-0.2, 0) is 0 Å². The van der Waals surface area contributed by atoms with Gasteiger partial charge in [0.25, 0.3) is 0 Å². The average Bonchev–Trinajstić information content (AvgIpc) is 2.41. The van der Waals surface area contributed by atoms with E-state index in [9.17, 15) is 10.1 Å². The monoisotopic (exact) mass is 336 g/mol. The molecule has 0 aliphatic heterocycles. The maximum Gasteiger partial charge on any atom is 0.312 e. The summed E-state index contributed by atoms with van der Waals surface area (Å²) < 4.78 is 5.94. The summed E-state index contributed by atoms with van der Waals surface area (Å²) in [6.07, 6.45) is 2.80. The average molecular weight is 337 g/mol. The van der Waals surface area contributed by atoms with Crippen molar-refractivity contribution in [1.82, 2.24) is 4.98 Å². The molecule has 0 amide bonds. The van der Waals surface area contributed by atoms with Crippen LogP contribution < -0.4 is 10.5 Å². The molecule has 0 bridgehead atoms. The second kappa shape index (κ2) is 5.66. The minimum Gasteiger partial charge on any atom is -0.447 e. The Morgan fingerprint density at radius 3 is 2.85 bits per heavy atom. The van der Waals surface area contributed by atoms with E-state index >= 15 is 0 Å². The number of aromatic nitrogens is 1. The molecule has 0 aliphatic carbocycles. The Labute approximate surface area is 122 Å². The molecule has 0 fully saturated rings. The number of nitrogen functional groups attached to an aromatic ring is 1. The van der Waals surface area contributed by atoms with Crippen LogP contribution in [0.2, 0.25) is 0 Å². The lowest BCUT2D eigenvalue weighted by Crippen LogP contribution is -2.12. The Hall–Kier alpha value is -2.48. The van der Waals surface area contributed by atoms with E-state index < -0.39 is 4.92 Å². The third-order valence-corrected chi connectivity index (χ3v) is 3.05. The number of hydrogen-bond donors (Lipinski definition) is 2. The molecule has 102 valence electrons. The van der Waals surface area contributed by atoms with Crippen molar-refractivity contribution in [3.63, 3.8) is 0 Å². The smallest absolute Gasteiger partial charge is 0.312 e. The van der Waals surface area contributed by atoms with Crippen LogP contribution in [0.15, 0.2) is 41.1 Å². The predicted octanol–water partition coefficient (Wildman–Crippen LogP) is 2.83. The van der Waals surface area contributed by atoms with Crippen LogP contribution in [0.5, 0.6) is 11.5 Å². The van der Waals surface area contributed by atoms with Crippen LogP contribution in [0.4, 0.5) is 5.69 Å². The molecule has 0 saturated heterocycles. The lowest BCUT2D eigenvalue weighted by atomic mass is 10.2.